The maximum Gasteiger partial charge on any atom is 0.184 e. The Morgan fingerprint density at radius 3 is 0.669 bits per heavy atom. The molecule has 0 bridgehead atoms. The molecule has 696 valence electrons. The lowest BCUT2D eigenvalue weighted by Gasteiger charge is -2.30. The van der Waals surface area contributed by atoms with Crippen LogP contribution in [0.25, 0.3) is 0 Å². The number of unbranched alkanes of at least 4 members (excludes halogenated alkanes) is 13. The minimum Gasteiger partial charge on any atom is -0.494 e. The fraction of sp³-hybridized carbons (Fsp3) is 0.660. The van der Waals surface area contributed by atoms with Crippen molar-refractivity contribution in [1.82, 2.24) is 0 Å². The molecule has 12 rings (SSSR count). The van der Waals surface area contributed by atoms with Crippen LogP contribution < -0.4 is 28.4 Å². The summed E-state index contributed by atoms with van der Waals surface area (Å²) in [4.78, 5) is 0. The Bertz CT molecular complexity index is 3490. The molecule has 0 N–H and O–H groups in total. The van der Waals surface area contributed by atoms with Gasteiger partial charge in [0.25, 0.3) is 0 Å². The van der Waals surface area contributed by atoms with E-state index in [2.05, 4.69) is 107 Å². The zero-order valence-corrected chi connectivity index (χ0v) is 78.7. The summed E-state index contributed by atoms with van der Waals surface area (Å²) in [5.74, 6) is 5.52. The summed E-state index contributed by atoms with van der Waals surface area (Å²) in [7, 11) is 0. The van der Waals surface area contributed by atoms with Gasteiger partial charge in [0, 0.05) is 33.4 Å². The van der Waals surface area contributed by atoms with Crippen LogP contribution in [0.3, 0.4) is 0 Å². The van der Waals surface area contributed by atoms with Crippen LogP contribution in [0.2, 0.25) is 0 Å². The average Bonchev–Trinajstić information content (AvgIpc) is 0.870. The largest absolute Gasteiger partial charge is 0.494 e. The van der Waals surface area contributed by atoms with E-state index in [9.17, 15) is 0 Å². The summed E-state index contributed by atoms with van der Waals surface area (Å²) < 4.78 is 104. The Hall–Kier alpha value is -6.36. The highest BCUT2D eigenvalue weighted by Crippen LogP contribution is 2.36. The molecule has 0 amide bonds. The molecule has 6 aliphatic rings. The van der Waals surface area contributed by atoms with Crippen LogP contribution in [0.15, 0.2) is 146 Å². The normalized spacial score (nSPS) is 22.4. The zero-order valence-electron chi connectivity index (χ0n) is 78.7. The molecule has 6 fully saturated rings. The molecule has 6 heterocycles. The van der Waals surface area contributed by atoms with Gasteiger partial charge in [-0.15, -0.1) is 0 Å². The lowest BCUT2D eigenvalue weighted by molar-refractivity contribution is -0.218. The molecule has 0 aliphatic carbocycles. The third-order valence-corrected chi connectivity index (χ3v) is 22.5. The molecule has 0 saturated carbocycles. The molecule has 18 heteroatoms. The van der Waals surface area contributed by atoms with Gasteiger partial charge in [-0.25, -0.2) is 0 Å². The first-order valence-corrected chi connectivity index (χ1v) is 48.9. The number of benzene rings is 6. The molecule has 0 spiro atoms. The molecule has 12 unspecified atom stereocenters. The van der Waals surface area contributed by atoms with Gasteiger partial charge in [0.1, 0.15) is 34.5 Å². The van der Waals surface area contributed by atoms with Crippen molar-refractivity contribution in [2.75, 3.05) is 79.3 Å². The second kappa shape index (κ2) is 66.1. The van der Waals surface area contributed by atoms with E-state index in [0.29, 0.717) is 30.5 Å². The highest BCUT2D eigenvalue weighted by atomic mass is 16.7. The Balaban J connectivity index is 0.000000205. The topological polar surface area (TPSA) is 166 Å². The standard InChI is InChI=1S/C21H34O3.C19H30O3.C18H28O3.C17H26O3.C16H24O3.C15H22O3/c1-3-5-7-8-9-10-20-15-17-23-21(24-20)18-11-13-19(14-12-18)22-16-6-4-2;1-3-5-7-8-18-13-15-21-19(22-18)16-9-11-17(12-10-16)20-14-6-4-2;1-3-5-7-17-12-14-20-18(21-17)15-8-10-16(11-9-15)19-13-6-4-2;1-3-5-12-18-15-9-7-14(8-10-15)17-19-13-11-16(20-17)6-4-2;1-3-5-11-17-15-8-6-13(7-9-15)16-18-12-10-14(4-2)19-16;1-3-4-10-16-14-7-5-13(6-8-14)15-17-11-9-12(2)18-15/h11-14,20-21H,3-10,15-17H2,1-2H3;9-12,18-19H,3-8,13-15H2,1-2H3;8-11,17-18H,3-7,12-14H2,1-2H3;7-10,16-17H,3-6,11-13H2,1-2H3;6-9,14,16H,3-5,10-12H2,1-2H3;5-8,12,15H,3-4,9-11H2,1-2H3. The number of hydrogen-bond acceptors (Lipinski definition) is 18. The van der Waals surface area contributed by atoms with Gasteiger partial charge in [0.2, 0.25) is 0 Å². The van der Waals surface area contributed by atoms with Crippen LogP contribution in [-0.2, 0) is 56.8 Å². The van der Waals surface area contributed by atoms with Gasteiger partial charge in [-0.2, -0.15) is 0 Å². The van der Waals surface area contributed by atoms with E-state index in [0.717, 1.165) is 301 Å². The predicted octanol–water partition coefficient (Wildman–Crippen LogP) is 28.4. The van der Waals surface area contributed by atoms with Crippen molar-refractivity contribution in [1.29, 1.82) is 0 Å². The van der Waals surface area contributed by atoms with E-state index in [1.165, 1.54) is 64.2 Å². The van der Waals surface area contributed by atoms with E-state index < -0.39 is 0 Å². The summed E-state index contributed by atoms with van der Waals surface area (Å²) in [6, 6.07) is 48.6. The molecular formula is C106H164O18. The Kier molecular flexibility index (Phi) is 55.8. The minimum atomic E-state index is -0.224. The maximum atomic E-state index is 6.15. The second-order valence-electron chi connectivity index (χ2n) is 33.3. The van der Waals surface area contributed by atoms with Gasteiger partial charge in [-0.3, -0.25) is 0 Å². The summed E-state index contributed by atoms with van der Waals surface area (Å²) in [5.41, 5.74) is 6.47. The van der Waals surface area contributed by atoms with Crippen LogP contribution in [-0.4, -0.2) is 116 Å². The Morgan fingerprint density at radius 2 is 0.419 bits per heavy atom. The summed E-state index contributed by atoms with van der Waals surface area (Å²) >= 11 is 0. The summed E-state index contributed by atoms with van der Waals surface area (Å²) in [5, 5.41) is 0. The van der Waals surface area contributed by atoms with E-state index in [-0.39, 0.29) is 43.8 Å². The predicted molar refractivity (Wildman–Crippen MR) is 498 cm³/mol. The fourth-order valence-electron chi connectivity index (χ4n) is 14.5. The summed E-state index contributed by atoms with van der Waals surface area (Å²) in [6.07, 6.45) is 39.7. The molecular weight excluding hydrogens is 1560 g/mol. The van der Waals surface area contributed by atoms with Crippen molar-refractivity contribution in [3.8, 4) is 34.5 Å². The van der Waals surface area contributed by atoms with E-state index >= 15 is 0 Å². The van der Waals surface area contributed by atoms with Gasteiger partial charge in [-0.1, -0.05) is 258 Å². The summed E-state index contributed by atoms with van der Waals surface area (Å²) in [6.45, 7) is 35.5. The quantitative estimate of drug-likeness (QED) is 0.0331. The second-order valence-corrected chi connectivity index (χ2v) is 33.3. The van der Waals surface area contributed by atoms with Crippen LogP contribution >= 0.6 is 0 Å². The van der Waals surface area contributed by atoms with Crippen molar-refractivity contribution in [3.63, 3.8) is 0 Å². The zero-order chi connectivity index (χ0) is 88.1. The van der Waals surface area contributed by atoms with Crippen molar-refractivity contribution in [3.05, 3.63) is 179 Å². The molecule has 0 aromatic heterocycles. The molecule has 0 radical (unpaired) electrons. The van der Waals surface area contributed by atoms with Gasteiger partial charge < -0.3 is 85.3 Å². The van der Waals surface area contributed by atoms with Crippen LogP contribution in [0.5, 0.6) is 34.5 Å². The monoisotopic (exact) mass is 1730 g/mol. The first kappa shape index (κ1) is 105. The highest BCUT2D eigenvalue weighted by Gasteiger charge is 2.30. The van der Waals surface area contributed by atoms with E-state index in [1.807, 2.05) is 121 Å². The molecule has 6 aromatic carbocycles. The third-order valence-electron chi connectivity index (χ3n) is 22.5. The highest BCUT2D eigenvalue weighted by molar-refractivity contribution is 5.33. The third kappa shape index (κ3) is 42.7. The van der Waals surface area contributed by atoms with Crippen molar-refractivity contribution < 1.29 is 85.3 Å². The van der Waals surface area contributed by atoms with Gasteiger partial charge in [-0.05, 0) is 189 Å². The van der Waals surface area contributed by atoms with Crippen molar-refractivity contribution in [2.24, 2.45) is 0 Å². The number of ether oxygens (including phenoxy) is 18. The molecule has 6 aromatic rings. The Morgan fingerprint density at radius 1 is 0.210 bits per heavy atom. The van der Waals surface area contributed by atoms with Crippen LogP contribution in [0.1, 0.15) is 373 Å². The lowest BCUT2D eigenvalue weighted by atomic mass is 10.1. The van der Waals surface area contributed by atoms with Gasteiger partial charge in [0.15, 0.2) is 37.7 Å². The first-order chi connectivity index (χ1) is 60.9. The van der Waals surface area contributed by atoms with Crippen LogP contribution in [0.4, 0.5) is 0 Å². The van der Waals surface area contributed by atoms with Gasteiger partial charge >= 0.3 is 0 Å². The molecule has 124 heavy (non-hydrogen) atoms. The molecule has 18 nitrogen and oxygen atoms in total. The minimum absolute atomic E-state index is 0.217. The van der Waals surface area contributed by atoms with Crippen molar-refractivity contribution in [2.45, 2.75) is 376 Å². The average molecular weight is 1730 g/mol. The SMILES string of the molecule is CCCCCC1CCOC(c2ccc(OCCCC)cc2)O1.CCCCCCCC1CCOC(c2ccc(OCCCC)cc2)O1.CCCCOc1ccc(C2OCCC(C)O2)cc1.CCCCOc1ccc(C2OCCC(CC)O2)cc1.CCCCOc1ccc(C2OCCC(CCC)O2)cc1.CCCCOc1ccc(C2OCCC(CCCC)O2)cc1. The smallest absolute Gasteiger partial charge is 0.184 e. The van der Waals surface area contributed by atoms with Crippen LogP contribution in [0, 0.1) is 0 Å². The van der Waals surface area contributed by atoms with E-state index in [1.54, 1.807) is 0 Å². The molecule has 6 aliphatic heterocycles. The van der Waals surface area contributed by atoms with E-state index in [4.69, 9.17) is 85.3 Å². The molecule has 6 saturated heterocycles. The van der Waals surface area contributed by atoms with Crippen molar-refractivity contribution >= 4 is 0 Å². The Labute approximate surface area is 749 Å². The maximum absolute atomic E-state index is 6.15. The molecule has 12 atom stereocenters. The van der Waals surface area contributed by atoms with Gasteiger partial charge in [0.05, 0.1) is 116 Å². The lowest BCUT2D eigenvalue weighted by Crippen LogP contribution is -2.27. The number of hydrogen-bond donors (Lipinski definition) is 0. The first-order valence-electron chi connectivity index (χ1n) is 48.9. The fourth-order valence-corrected chi connectivity index (χ4v) is 14.5. The number of rotatable bonds is 46.